The van der Waals surface area contributed by atoms with Gasteiger partial charge in [-0.3, -0.25) is 0 Å². The van der Waals surface area contributed by atoms with Gasteiger partial charge >= 0.3 is 0 Å². The summed E-state index contributed by atoms with van der Waals surface area (Å²) in [6, 6.07) is 11.3. The maximum Gasteiger partial charge on any atom is 0.199 e. The minimum atomic E-state index is 0.556. The van der Waals surface area contributed by atoms with E-state index in [0.717, 1.165) is 28.0 Å². The van der Waals surface area contributed by atoms with Gasteiger partial charge in [0.25, 0.3) is 0 Å². The maximum atomic E-state index is 6.41. The van der Waals surface area contributed by atoms with Crippen molar-refractivity contribution in [3.05, 3.63) is 66.1 Å². The van der Waals surface area contributed by atoms with Crippen molar-refractivity contribution < 1.29 is 32.4 Å². The molecule has 0 N–H and O–H groups in total. The fourth-order valence-corrected chi connectivity index (χ4v) is 4.36. The van der Waals surface area contributed by atoms with Gasteiger partial charge in [0.05, 0.1) is 34.0 Å². The molecule has 36 heavy (non-hydrogen) atoms. The molecule has 0 unspecified atom stereocenters. The Morgan fingerprint density at radius 2 is 1.39 bits per heavy atom. The number of hydrogen-bond acceptors (Lipinski definition) is 6. The molecule has 0 fully saturated rings. The van der Waals surface area contributed by atoms with Crippen LogP contribution in [-0.2, 0) is 0 Å². The first-order valence-electron chi connectivity index (χ1n) is 11.4. The summed E-state index contributed by atoms with van der Waals surface area (Å²) in [6.45, 7) is 0. The van der Waals surface area contributed by atoms with E-state index in [9.17, 15) is 0 Å². The highest BCUT2D eigenvalue weighted by Crippen LogP contribution is 2.47. The van der Waals surface area contributed by atoms with Gasteiger partial charge in [0, 0.05) is 41.0 Å². The number of ether oxygens (including phenoxy) is 4. The van der Waals surface area contributed by atoms with Crippen molar-refractivity contribution in [2.75, 3.05) is 42.5 Å². The average Bonchev–Trinajstić information content (AvgIpc) is 2.92. The van der Waals surface area contributed by atoms with Crippen LogP contribution < -0.4 is 24.4 Å². The molecule has 2 aliphatic heterocycles. The second kappa shape index (κ2) is 9.34. The lowest BCUT2D eigenvalue weighted by Gasteiger charge is -2.19. The normalized spacial score (nSPS) is 12.9. The van der Waals surface area contributed by atoms with Crippen LogP contribution in [0.3, 0.4) is 0 Å². The van der Waals surface area contributed by atoms with Gasteiger partial charge in [-0.2, -0.15) is 0 Å². The van der Waals surface area contributed by atoms with Crippen LogP contribution in [0.4, 0.5) is 0 Å². The number of hydrogen-bond donors (Lipinski definition) is 0. The van der Waals surface area contributed by atoms with Crippen molar-refractivity contribution in [3.8, 4) is 45.4 Å². The molecular weight excluding hydrogens is 458 g/mol. The highest BCUT2D eigenvalue weighted by Gasteiger charge is 2.25. The van der Waals surface area contributed by atoms with Gasteiger partial charge in [0.2, 0.25) is 0 Å². The van der Waals surface area contributed by atoms with Gasteiger partial charge in [-0.05, 0) is 36.4 Å². The Kier molecular flexibility index (Phi) is 6.06. The number of rotatable bonds is 5. The van der Waals surface area contributed by atoms with Crippen molar-refractivity contribution in [1.29, 1.82) is 0 Å². The van der Waals surface area contributed by atoms with Crippen LogP contribution in [0.5, 0.6) is 23.0 Å². The quantitative estimate of drug-likeness (QED) is 0.366. The zero-order chi connectivity index (χ0) is 25.4. The summed E-state index contributed by atoms with van der Waals surface area (Å²) >= 11 is 0. The highest BCUT2D eigenvalue weighted by atomic mass is 16.5. The van der Waals surface area contributed by atoms with E-state index in [-0.39, 0.29) is 0 Å². The zero-order valence-corrected chi connectivity index (χ0v) is 21.2. The van der Waals surface area contributed by atoms with Crippen molar-refractivity contribution in [3.63, 3.8) is 0 Å². The second-order valence-electron chi connectivity index (χ2n) is 8.50. The minimum Gasteiger partial charge on any atom is -0.496 e. The van der Waals surface area contributed by atoms with Crippen LogP contribution in [0.25, 0.3) is 39.2 Å². The molecule has 3 aliphatic rings. The SMILES string of the molecule is COc1cc2oc(-c3ccc(OC)c(OC)c3)c(OC)c3cc(=C4C=CC(=[N+](C)C)C=C4)oc(c1)c2-3. The molecule has 2 heterocycles. The highest BCUT2D eigenvalue weighted by molar-refractivity contribution is 6.05. The van der Waals surface area contributed by atoms with Crippen molar-refractivity contribution in [2.45, 2.75) is 0 Å². The molecule has 7 nitrogen and oxygen atoms in total. The van der Waals surface area contributed by atoms with E-state index in [1.54, 1.807) is 28.4 Å². The van der Waals surface area contributed by atoms with Crippen LogP contribution in [0.15, 0.2) is 69.5 Å². The van der Waals surface area contributed by atoms with Gasteiger partial charge < -0.3 is 27.8 Å². The number of methoxy groups -OCH3 is 4. The molecule has 184 valence electrons. The predicted octanol–water partition coefficient (Wildman–Crippen LogP) is 5.10. The number of benzene rings is 2. The predicted molar refractivity (Wildman–Crippen MR) is 140 cm³/mol. The molecule has 1 aliphatic carbocycles. The van der Waals surface area contributed by atoms with Crippen molar-refractivity contribution in [2.24, 2.45) is 0 Å². The smallest absolute Gasteiger partial charge is 0.199 e. The summed E-state index contributed by atoms with van der Waals surface area (Å²) in [7, 11) is 10.5. The lowest BCUT2D eigenvalue weighted by Crippen LogP contribution is -2.13. The summed E-state index contributed by atoms with van der Waals surface area (Å²) in [5, 5.41) is 0. The van der Waals surface area contributed by atoms with E-state index in [2.05, 4.69) is 16.7 Å². The molecule has 0 radical (unpaired) electrons. The van der Waals surface area contributed by atoms with Gasteiger partial charge in [0.15, 0.2) is 28.7 Å². The lowest BCUT2D eigenvalue weighted by molar-refractivity contribution is -0.462. The molecule has 0 aromatic heterocycles. The van der Waals surface area contributed by atoms with E-state index in [0.29, 0.717) is 45.3 Å². The molecule has 2 aromatic rings. The van der Waals surface area contributed by atoms with Crippen LogP contribution in [0, 0.1) is 0 Å². The van der Waals surface area contributed by atoms with Gasteiger partial charge in [-0.25, -0.2) is 4.58 Å². The Hall–Kier alpha value is -4.39. The fourth-order valence-electron chi connectivity index (χ4n) is 4.36. The van der Waals surface area contributed by atoms with Gasteiger partial charge in [0.1, 0.15) is 36.4 Å². The Bertz CT molecular complexity index is 1580. The van der Waals surface area contributed by atoms with Gasteiger partial charge in [-0.15, -0.1) is 0 Å². The Morgan fingerprint density at radius 3 is 2.00 bits per heavy atom. The number of allylic oxidation sites excluding steroid dienone is 4. The third-order valence-electron chi connectivity index (χ3n) is 6.22. The first-order valence-corrected chi connectivity index (χ1v) is 11.4. The lowest BCUT2D eigenvalue weighted by atomic mass is 9.98. The third kappa shape index (κ3) is 3.92. The first-order chi connectivity index (χ1) is 17.5. The third-order valence-corrected chi connectivity index (χ3v) is 6.22. The number of nitrogens with zero attached hydrogens (tertiary/aromatic N) is 1. The summed E-state index contributed by atoms with van der Waals surface area (Å²) in [6.07, 6.45) is 8.20. The average molecular weight is 487 g/mol. The fraction of sp³-hybridized carbons (Fsp3) is 0.207. The molecule has 2 aromatic carbocycles. The topological polar surface area (TPSA) is 66.2 Å². The van der Waals surface area contributed by atoms with Crippen LogP contribution >= 0.6 is 0 Å². The first kappa shape index (κ1) is 23.4. The maximum absolute atomic E-state index is 6.41. The Morgan fingerprint density at radius 1 is 0.694 bits per heavy atom. The molecule has 7 heteroatoms. The van der Waals surface area contributed by atoms with Gasteiger partial charge in [-0.1, -0.05) is 0 Å². The van der Waals surface area contributed by atoms with Crippen molar-refractivity contribution in [1.82, 2.24) is 0 Å². The Balaban J connectivity index is 1.85. The monoisotopic (exact) mass is 486 g/mol. The van der Waals surface area contributed by atoms with E-state index < -0.39 is 0 Å². The standard InChI is InChI=1S/C29H28NO6/c1-30(2)19-10-7-17(8-11-19)23-16-21-27-25(35-23)14-20(31-3)15-26(27)36-28(29(21)34-6)18-9-12-22(32-4)24(13-18)33-5/h7-16H,1-6H3/q+1. The van der Waals surface area contributed by atoms with E-state index in [1.165, 1.54) is 0 Å². The Labute approximate surface area is 209 Å². The molecule has 0 atom stereocenters. The summed E-state index contributed by atoms with van der Waals surface area (Å²) in [5.74, 6) is 2.99. The molecule has 0 saturated carbocycles. The summed E-state index contributed by atoms with van der Waals surface area (Å²) in [5.41, 5.74) is 6.44. The molecule has 0 saturated heterocycles. The summed E-state index contributed by atoms with van der Waals surface area (Å²) in [4.78, 5) is 0. The van der Waals surface area contributed by atoms with E-state index in [4.69, 9.17) is 27.8 Å². The second-order valence-corrected chi connectivity index (χ2v) is 8.50. The molecular formula is C29H28NO6+. The van der Waals surface area contributed by atoms with Crippen molar-refractivity contribution >= 4 is 22.5 Å². The molecule has 0 bridgehead atoms. The molecule has 5 rings (SSSR count). The minimum absolute atomic E-state index is 0.556. The molecule has 0 spiro atoms. The van der Waals surface area contributed by atoms with E-state index in [1.807, 2.05) is 62.6 Å². The van der Waals surface area contributed by atoms with Crippen LogP contribution in [0.1, 0.15) is 0 Å². The van der Waals surface area contributed by atoms with E-state index >= 15 is 0 Å². The summed E-state index contributed by atoms with van der Waals surface area (Å²) < 4.78 is 37.2. The zero-order valence-electron chi connectivity index (χ0n) is 21.2. The molecule has 0 amide bonds. The largest absolute Gasteiger partial charge is 0.496 e. The van der Waals surface area contributed by atoms with Crippen LogP contribution in [-0.4, -0.2) is 52.8 Å². The van der Waals surface area contributed by atoms with Crippen LogP contribution in [0.2, 0.25) is 0 Å².